The predicted molar refractivity (Wildman–Crippen MR) is 146 cm³/mol. The minimum absolute atomic E-state index is 0.204. The Kier molecular flexibility index (Phi) is 7.35. The number of sulfonamides is 1. The maximum atomic E-state index is 13.4. The highest BCUT2D eigenvalue weighted by molar-refractivity contribution is 7.89. The molecule has 0 unspecified atom stereocenters. The Balaban J connectivity index is 1.08. The summed E-state index contributed by atoms with van der Waals surface area (Å²) in [6.45, 7) is 6.31. The monoisotopic (exact) mass is 533 g/mol. The number of nitrogens with zero attached hydrogens (tertiary/aromatic N) is 3. The van der Waals surface area contributed by atoms with Gasteiger partial charge in [0.05, 0.1) is 30.7 Å². The van der Waals surface area contributed by atoms with Gasteiger partial charge in [-0.05, 0) is 30.2 Å². The Labute approximate surface area is 225 Å². The topological polar surface area (TPSA) is 62.3 Å². The zero-order valence-electron chi connectivity index (χ0n) is 21.6. The van der Waals surface area contributed by atoms with Crippen LogP contribution in [0.5, 0.6) is 0 Å². The van der Waals surface area contributed by atoms with Gasteiger partial charge in [0.15, 0.2) is 0 Å². The van der Waals surface area contributed by atoms with Crippen molar-refractivity contribution in [3.63, 3.8) is 0 Å². The molecular weight excluding hydrogens is 498 g/mol. The molecule has 0 saturated carbocycles. The molecule has 7 nitrogen and oxygen atoms in total. The molecule has 0 bridgehead atoms. The molecule has 8 heteroatoms. The molecule has 3 aliphatic rings. The number of piperazine rings is 1. The molecule has 1 spiro atoms. The fourth-order valence-electron chi connectivity index (χ4n) is 6.05. The van der Waals surface area contributed by atoms with Crippen molar-refractivity contribution in [1.29, 1.82) is 0 Å². The summed E-state index contributed by atoms with van der Waals surface area (Å²) in [7, 11) is -3.58. The average Bonchev–Trinajstić information content (AvgIpc) is 3.43. The van der Waals surface area contributed by atoms with Crippen LogP contribution in [-0.4, -0.2) is 81.5 Å². The van der Waals surface area contributed by atoms with Crippen LogP contribution in [0.4, 0.5) is 0 Å². The lowest BCUT2D eigenvalue weighted by molar-refractivity contribution is -0.176. The zero-order chi connectivity index (χ0) is 26.0. The van der Waals surface area contributed by atoms with Crippen LogP contribution < -0.4 is 0 Å². The Morgan fingerprint density at radius 1 is 0.737 bits per heavy atom. The molecule has 0 aromatic heterocycles. The molecule has 0 N–H and O–H groups in total. The first kappa shape index (κ1) is 25.7. The molecular formula is C30H35N3O4S. The van der Waals surface area contributed by atoms with Crippen molar-refractivity contribution < 1.29 is 17.9 Å². The lowest BCUT2D eigenvalue weighted by Gasteiger charge is -2.41. The van der Waals surface area contributed by atoms with Crippen molar-refractivity contribution in [2.45, 2.75) is 23.1 Å². The molecule has 3 heterocycles. The maximum absolute atomic E-state index is 13.4. The van der Waals surface area contributed by atoms with E-state index in [1.807, 2.05) is 12.1 Å². The van der Waals surface area contributed by atoms with E-state index in [0.29, 0.717) is 30.2 Å². The van der Waals surface area contributed by atoms with E-state index in [-0.39, 0.29) is 12.6 Å². The number of hydrogen-bond donors (Lipinski definition) is 0. The Morgan fingerprint density at radius 3 is 1.95 bits per heavy atom. The number of ether oxygens (including phenoxy) is 2. The summed E-state index contributed by atoms with van der Waals surface area (Å²) < 4.78 is 40.4. The molecule has 0 radical (unpaired) electrons. The minimum atomic E-state index is -3.58. The van der Waals surface area contributed by atoms with Crippen molar-refractivity contribution in [2.24, 2.45) is 0 Å². The SMILES string of the molecule is O=S1(=O)c2ccccc2C2(CN1CCCN1CCN(C(c3ccccc3)c3ccccc3)CC1)OCCO2. The lowest BCUT2D eigenvalue weighted by Crippen LogP contribution is -2.51. The van der Waals surface area contributed by atoms with Gasteiger partial charge in [-0.2, -0.15) is 4.31 Å². The van der Waals surface area contributed by atoms with Gasteiger partial charge in [-0.1, -0.05) is 78.9 Å². The fraction of sp³-hybridized carbons (Fsp3) is 0.400. The molecule has 3 aliphatic heterocycles. The van der Waals surface area contributed by atoms with Crippen LogP contribution in [0.3, 0.4) is 0 Å². The van der Waals surface area contributed by atoms with E-state index in [4.69, 9.17) is 9.47 Å². The van der Waals surface area contributed by atoms with Gasteiger partial charge in [-0.25, -0.2) is 8.42 Å². The summed E-state index contributed by atoms with van der Waals surface area (Å²) in [4.78, 5) is 5.31. The van der Waals surface area contributed by atoms with E-state index in [9.17, 15) is 8.42 Å². The summed E-state index contributed by atoms with van der Waals surface area (Å²) >= 11 is 0. The Morgan fingerprint density at radius 2 is 1.32 bits per heavy atom. The predicted octanol–water partition coefficient (Wildman–Crippen LogP) is 3.69. The Bertz CT molecular complexity index is 1280. The van der Waals surface area contributed by atoms with Crippen LogP contribution in [0, 0.1) is 0 Å². The molecule has 38 heavy (non-hydrogen) atoms. The molecule has 0 amide bonds. The highest BCUT2D eigenvalue weighted by atomic mass is 32.2. The van der Waals surface area contributed by atoms with Gasteiger partial charge in [0.1, 0.15) is 0 Å². The van der Waals surface area contributed by atoms with Crippen molar-refractivity contribution >= 4 is 10.0 Å². The van der Waals surface area contributed by atoms with Gasteiger partial charge < -0.3 is 14.4 Å². The third-order valence-electron chi connectivity index (χ3n) is 7.94. The quantitative estimate of drug-likeness (QED) is 0.462. The van der Waals surface area contributed by atoms with Gasteiger partial charge in [-0.3, -0.25) is 4.90 Å². The molecule has 200 valence electrons. The van der Waals surface area contributed by atoms with Gasteiger partial charge in [0.25, 0.3) is 0 Å². The fourth-order valence-corrected chi connectivity index (χ4v) is 7.79. The summed E-state index contributed by atoms with van der Waals surface area (Å²) in [6.07, 6.45) is 0.762. The molecule has 2 saturated heterocycles. The number of rotatable bonds is 7. The van der Waals surface area contributed by atoms with Crippen LogP contribution in [0.2, 0.25) is 0 Å². The standard InChI is InChI=1S/C30H35N3O4S/c34-38(35)28-15-8-7-14-27(28)30(36-22-23-37-30)24-33(38)17-9-16-31-18-20-32(21-19-31)29(25-10-3-1-4-11-25)26-12-5-2-6-13-26/h1-8,10-15,29H,9,16-24H2. The first-order valence-corrected chi connectivity index (χ1v) is 14.9. The Hall–Kier alpha value is -2.59. The van der Waals surface area contributed by atoms with E-state index in [1.54, 1.807) is 16.4 Å². The van der Waals surface area contributed by atoms with Crippen molar-refractivity contribution in [1.82, 2.24) is 14.1 Å². The molecule has 0 aliphatic carbocycles. The first-order chi connectivity index (χ1) is 18.6. The molecule has 0 atom stereocenters. The van der Waals surface area contributed by atoms with Crippen LogP contribution in [0.25, 0.3) is 0 Å². The molecule has 3 aromatic carbocycles. The molecule has 6 rings (SSSR count). The normalized spacial score (nSPS) is 21.6. The average molecular weight is 534 g/mol. The van der Waals surface area contributed by atoms with E-state index in [2.05, 4.69) is 70.5 Å². The summed E-state index contributed by atoms with van der Waals surface area (Å²) in [5.41, 5.74) is 3.25. The number of benzene rings is 3. The lowest BCUT2D eigenvalue weighted by atomic mass is 9.96. The summed E-state index contributed by atoms with van der Waals surface area (Å²) in [6, 6.07) is 28.8. The van der Waals surface area contributed by atoms with E-state index >= 15 is 0 Å². The first-order valence-electron chi connectivity index (χ1n) is 13.5. The van der Waals surface area contributed by atoms with Gasteiger partial charge in [0.2, 0.25) is 15.8 Å². The van der Waals surface area contributed by atoms with Crippen LogP contribution in [0.15, 0.2) is 89.8 Å². The van der Waals surface area contributed by atoms with E-state index in [1.165, 1.54) is 11.1 Å². The number of fused-ring (bicyclic) bond motifs is 2. The third-order valence-corrected chi connectivity index (χ3v) is 9.84. The van der Waals surface area contributed by atoms with E-state index in [0.717, 1.165) is 39.1 Å². The second kappa shape index (κ2) is 10.9. The van der Waals surface area contributed by atoms with Crippen LogP contribution in [0.1, 0.15) is 29.2 Å². The van der Waals surface area contributed by atoms with E-state index < -0.39 is 15.8 Å². The minimum Gasteiger partial charge on any atom is -0.342 e. The maximum Gasteiger partial charge on any atom is 0.243 e. The van der Waals surface area contributed by atoms with Gasteiger partial charge in [0, 0.05) is 38.3 Å². The summed E-state index contributed by atoms with van der Waals surface area (Å²) in [5.74, 6) is -0.989. The largest absolute Gasteiger partial charge is 0.342 e. The highest BCUT2D eigenvalue weighted by Gasteiger charge is 2.50. The second-order valence-electron chi connectivity index (χ2n) is 10.2. The van der Waals surface area contributed by atoms with Crippen LogP contribution >= 0.6 is 0 Å². The van der Waals surface area contributed by atoms with Crippen molar-refractivity contribution in [3.8, 4) is 0 Å². The van der Waals surface area contributed by atoms with Crippen molar-refractivity contribution in [3.05, 3.63) is 102 Å². The highest BCUT2D eigenvalue weighted by Crippen LogP contribution is 2.42. The van der Waals surface area contributed by atoms with Gasteiger partial charge in [-0.15, -0.1) is 0 Å². The summed E-state index contributed by atoms with van der Waals surface area (Å²) in [5, 5.41) is 0. The molecule has 3 aromatic rings. The number of hydrogen-bond acceptors (Lipinski definition) is 6. The van der Waals surface area contributed by atoms with Crippen molar-refractivity contribution in [2.75, 3.05) is 59.0 Å². The smallest absolute Gasteiger partial charge is 0.243 e. The second-order valence-corrected chi connectivity index (χ2v) is 12.1. The van der Waals surface area contributed by atoms with Crippen LogP contribution in [-0.2, 0) is 25.3 Å². The van der Waals surface area contributed by atoms with Gasteiger partial charge >= 0.3 is 0 Å². The molecule has 2 fully saturated rings. The zero-order valence-corrected chi connectivity index (χ0v) is 22.4. The third kappa shape index (κ3) is 4.93.